The van der Waals surface area contributed by atoms with Gasteiger partial charge in [0, 0.05) is 24.0 Å². The fourth-order valence-electron chi connectivity index (χ4n) is 2.44. The van der Waals surface area contributed by atoms with E-state index in [2.05, 4.69) is 15.6 Å². The van der Waals surface area contributed by atoms with Crippen molar-refractivity contribution >= 4 is 22.5 Å². The summed E-state index contributed by atoms with van der Waals surface area (Å²) in [6.45, 7) is 0.638. The van der Waals surface area contributed by atoms with Crippen molar-refractivity contribution in [3.05, 3.63) is 46.5 Å². The number of nitrogens with one attached hydrogen (secondary N) is 2. The smallest absolute Gasteiger partial charge is 0.338 e. The van der Waals surface area contributed by atoms with Crippen LogP contribution in [0.1, 0.15) is 35.3 Å². The van der Waals surface area contributed by atoms with E-state index in [4.69, 9.17) is 0 Å². The lowest BCUT2D eigenvalue weighted by Gasteiger charge is -2.07. The van der Waals surface area contributed by atoms with Crippen LogP contribution in [0.25, 0.3) is 0 Å². The largest absolute Gasteiger partial charge is 0.416 e. The van der Waals surface area contributed by atoms with Gasteiger partial charge in [0.25, 0.3) is 0 Å². The molecule has 0 unspecified atom stereocenters. The number of alkyl halides is 3. The fourth-order valence-corrected chi connectivity index (χ4v) is 3.29. The Morgan fingerprint density at radius 1 is 1.32 bits per heavy atom. The van der Waals surface area contributed by atoms with Crippen molar-refractivity contribution in [1.29, 1.82) is 0 Å². The lowest BCUT2D eigenvalue weighted by molar-refractivity contribution is -0.137. The molecule has 1 saturated carbocycles. The maximum absolute atomic E-state index is 12.7. The van der Waals surface area contributed by atoms with Crippen molar-refractivity contribution in [2.75, 3.05) is 11.9 Å². The molecule has 0 bridgehead atoms. The predicted octanol–water partition coefficient (Wildman–Crippen LogP) is 4.67. The molecule has 2 N–H and O–H groups in total. The molecule has 1 aliphatic carbocycles. The molecular formula is C17H18F3N3OS. The highest BCUT2D eigenvalue weighted by atomic mass is 32.1. The molecule has 0 radical (unpaired) electrons. The van der Waals surface area contributed by atoms with Gasteiger partial charge in [0.15, 0.2) is 5.13 Å². The van der Waals surface area contributed by atoms with Crippen LogP contribution in [0, 0.1) is 5.92 Å². The monoisotopic (exact) mass is 369 g/mol. The highest BCUT2D eigenvalue weighted by molar-refractivity contribution is 7.15. The second-order valence-electron chi connectivity index (χ2n) is 6.12. The zero-order valence-electron chi connectivity index (χ0n) is 13.4. The van der Waals surface area contributed by atoms with Crippen molar-refractivity contribution < 1.29 is 18.0 Å². The van der Waals surface area contributed by atoms with Crippen molar-refractivity contribution in [2.45, 2.75) is 31.9 Å². The topological polar surface area (TPSA) is 54.0 Å². The van der Waals surface area contributed by atoms with Gasteiger partial charge >= 0.3 is 12.2 Å². The number of benzene rings is 1. The number of thiazole rings is 1. The van der Waals surface area contributed by atoms with Gasteiger partial charge in [0.2, 0.25) is 0 Å². The number of rotatable bonds is 6. The van der Waals surface area contributed by atoms with E-state index in [1.807, 2.05) is 0 Å². The van der Waals surface area contributed by atoms with Crippen LogP contribution in [0.3, 0.4) is 0 Å². The number of halogens is 3. The number of hydrogen-bond acceptors (Lipinski definition) is 3. The average molecular weight is 369 g/mol. The van der Waals surface area contributed by atoms with E-state index in [1.165, 1.54) is 30.2 Å². The van der Waals surface area contributed by atoms with E-state index in [0.29, 0.717) is 23.7 Å². The van der Waals surface area contributed by atoms with Gasteiger partial charge in [0.1, 0.15) is 0 Å². The molecule has 2 amide bonds. The molecule has 2 aromatic rings. The molecule has 134 valence electrons. The van der Waals surface area contributed by atoms with Crippen molar-refractivity contribution in [3.63, 3.8) is 0 Å². The van der Waals surface area contributed by atoms with Gasteiger partial charge in [0.05, 0.1) is 5.56 Å². The molecule has 1 aromatic heterocycles. The normalized spacial score (nSPS) is 14.4. The summed E-state index contributed by atoms with van der Waals surface area (Å²) in [5, 5.41) is 5.87. The standard InChI is InChI=1S/C17H18F3N3OS/c18-17(19,20)13-3-1-2-12(8-13)9-14-10-22-16(25-14)23-15(24)21-7-6-11-4-5-11/h1-3,8,10-11H,4-7,9H2,(H2,21,22,23,24). The van der Waals surface area contributed by atoms with Crippen LogP contribution in [0.15, 0.2) is 30.5 Å². The molecule has 0 atom stereocenters. The number of carbonyl (C=O) groups excluding carboxylic acids is 1. The Labute approximate surface area is 147 Å². The first-order valence-electron chi connectivity index (χ1n) is 8.06. The molecule has 0 saturated heterocycles. The third-order valence-corrected chi connectivity index (χ3v) is 4.85. The molecular weight excluding hydrogens is 351 g/mol. The molecule has 8 heteroatoms. The first kappa shape index (κ1) is 17.7. The Hall–Kier alpha value is -2.09. The van der Waals surface area contributed by atoms with Crippen LogP contribution in [-0.2, 0) is 12.6 Å². The minimum Gasteiger partial charge on any atom is -0.338 e. The van der Waals surface area contributed by atoms with Crippen LogP contribution < -0.4 is 10.6 Å². The lowest BCUT2D eigenvalue weighted by Crippen LogP contribution is -2.29. The Bertz CT molecular complexity index is 741. The maximum atomic E-state index is 12.7. The van der Waals surface area contributed by atoms with Gasteiger partial charge in [-0.1, -0.05) is 31.0 Å². The van der Waals surface area contributed by atoms with E-state index >= 15 is 0 Å². The molecule has 1 heterocycles. The maximum Gasteiger partial charge on any atom is 0.416 e. The molecule has 4 nitrogen and oxygen atoms in total. The fraction of sp³-hybridized carbons (Fsp3) is 0.412. The third-order valence-electron chi connectivity index (χ3n) is 3.94. The number of anilines is 1. The molecule has 1 aromatic carbocycles. The lowest BCUT2D eigenvalue weighted by atomic mass is 10.1. The SMILES string of the molecule is O=C(NCCC1CC1)Nc1ncc(Cc2cccc(C(F)(F)F)c2)s1. The zero-order valence-corrected chi connectivity index (χ0v) is 14.2. The quantitative estimate of drug-likeness (QED) is 0.777. The van der Waals surface area contributed by atoms with Gasteiger partial charge in [-0.05, 0) is 24.0 Å². The predicted molar refractivity (Wildman–Crippen MR) is 90.7 cm³/mol. The number of urea groups is 1. The molecule has 1 fully saturated rings. The van der Waals surface area contributed by atoms with Crippen LogP contribution in [0.2, 0.25) is 0 Å². The summed E-state index contributed by atoms with van der Waals surface area (Å²) in [6.07, 6.45) is 1.04. The van der Waals surface area contributed by atoms with Crippen molar-refractivity contribution in [3.8, 4) is 0 Å². The Morgan fingerprint density at radius 3 is 2.84 bits per heavy atom. The highest BCUT2D eigenvalue weighted by Gasteiger charge is 2.30. The Balaban J connectivity index is 1.53. The number of aromatic nitrogens is 1. The van der Waals surface area contributed by atoms with Gasteiger partial charge in [-0.2, -0.15) is 13.2 Å². The van der Waals surface area contributed by atoms with E-state index in [0.717, 1.165) is 29.3 Å². The first-order chi connectivity index (χ1) is 11.9. The van der Waals surface area contributed by atoms with Crippen LogP contribution in [-0.4, -0.2) is 17.6 Å². The van der Waals surface area contributed by atoms with E-state index in [-0.39, 0.29) is 6.03 Å². The van der Waals surface area contributed by atoms with Gasteiger partial charge in [-0.3, -0.25) is 5.32 Å². The minimum atomic E-state index is -4.35. The highest BCUT2D eigenvalue weighted by Crippen LogP contribution is 2.32. The summed E-state index contributed by atoms with van der Waals surface area (Å²) in [6, 6.07) is 4.92. The summed E-state index contributed by atoms with van der Waals surface area (Å²) in [7, 11) is 0. The van der Waals surface area contributed by atoms with E-state index in [9.17, 15) is 18.0 Å². The summed E-state index contributed by atoms with van der Waals surface area (Å²) in [4.78, 5) is 16.6. The Kier molecular flexibility index (Phi) is 5.27. The summed E-state index contributed by atoms with van der Waals surface area (Å²) >= 11 is 1.26. The van der Waals surface area contributed by atoms with Crippen molar-refractivity contribution in [2.24, 2.45) is 5.92 Å². The molecule has 1 aliphatic rings. The van der Waals surface area contributed by atoms with Crippen LogP contribution in [0.4, 0.5) is 23.1 Å². The number of hydrogen-bond donors (Lipinski definition) is 2. The second-order valence-corrected chi connectivity index (χ2v) is 7.23. The third kappa shape index (κ3) is 5.45. The Morgan fingerprint density at radius 2 is 2.12 bits per heavy atom. The van der Waals surface area contributed by atoms with Gasteiger partial charge in [-0.15, -0.1) is 11.3 Å². The van der Waals surface area contributed by atoms with E-state index < -0.39 is 11.7 Å². The summed E-state index contributed by atoms with van der Waals surface area (Å²) in [5.74, 6) is 0.749. The van der Waals surface area contributed by atoms with Crippen LogP contribution in [0.5, 0.6) is 0 Å². The number of nitrogens with zero attached hydrogens (tertiary/aromatic N) is 1. The molecule has 3 rings (SSSR count). The minimum absolute atomic E-state index is 0.305. The van der Waals surface area contributed by atoms with Gasteiger partial charge in [-0.25, -0.2) is 9.78 Å². The van der Waals surface area contributed by atoms with Crippen molar-refractivity contribution in [1.82, 2.24) is 10.3 Å². The number of carbonyl (C=O) groups is 1. The second kappa shape index (κ2) is 7.43. The first-order valence-corrected chi connectivity index (χ1v) is 8.87. The molecule has 25 heavy (non-hydrogen) atoms. The summed E-state index contributed by atoms with van der Waals surface area (Å²) < 4.78 is 38.2. The average Bonchev–Trinajstić information content (AvgIpc) is 3.27. The van der Waals surface area contributed by atoms with Gasteiger partial charge < -0.3 is 5.32 Å². The zero-order chi connectivity index (χ0) is 17.9. The van der Waals surface area contributed by atoms with E-state index in [1.54, 1.807) is 12.3 Å². The number of amides is 2. The molecule has 0 spiro atoms. The molecule has 0 aliphatic heterocycles. The van der Waals surface area contributed by atoms with Crippen LogP contribution >= 0.6 is 11.3 Å². The summed E-state index contributed by atoms with van der Waals surface area (Å²) in [5.41, 5.74) is -0.109.